The van der Waals surface area contributed by atoms with Crippen LogP contribution in [0, 0.1) is 17.1 Å². The largest absolute Gasteiger partial charge is 0.318 e. The summed E-state index contributed by atoms with van der Waals surface area (Å²) in [4.78, 5) is 12.9. The van der Waals surface area contributed by atoms with Crippen LogP contribution in [-0.4, -0.2) is 29.6 Å². The van der Waals surface area contributed by atoms with Gasteiger partial charge in [0.2, 0.25) is 10.0 Å². The van der Waals surface area contributed by atoms with Crippen LogP contribution in [0.15, 0.2) is 77.7 Å². The van der Waals surface area contributed by atoms with Crippen molar-refractivity contribution < 1.29 is 17.6 Å². The van der Waals surface area contributed by atoms with Crippen LogP contribution in [0.1, 0.15) is 49.4 Å². The van der Waals surface area contributed by atoms with Crippen molar-refractivity contribution in [3.8, 4) is 22.9 Å². The van der Waals surface area contributed by atoms with E-state index in [9.17, 15) is 18.5 Å². The number of anilines is 1. The molecule has 4 rings (SSSR count). The highest BCUT2D eigenvalue weighted by molar-refractivity contribution is 7.89. The minimum atomic E-state index is -4.33. The minimum absolute atomic E-state index is 0.102. The minimum Gasteiger partial charge on any atom is -0.318 e. The molecule has 2 N–H and O–H groups in total. The molecule has 1 heterocycles. The van der Waals surface area contributed by atoms with E-state index in [0.717, 1.165) is 0 Å². The van der Waals surface area contributed by atoms with Gasteiger partial charge < -0.3 is 5.32 Å². The maximum absolute atomic E-state index is 16.1. The molecule has 10 heteroatoms. The molecule has 0 aliphatic heterocycles. The maximum atomic E-state index is 16.1. The lowest BCUT2D eigenvalue weighted by Gasteiger charge is -2.23. The summed E-state index contributed by atoms with van der Waals surface area (Å²) in [5.74, 6) is -1.78. The Bertz CT molecular complexity index is 1680. The average Bonchev–Trinajstić information content (AvgIpc) is 3.33. The summed E-state index contributed by atoms with van der Waals surface area (Å²) in [5, 5.41) is 16.3. The summed E-state index contributed by atoms with van der Waals surface area (Å²) >= 11 is 0. The van der Waals surface area contributed by atoms with Crippen molar-refractivity contribution in [3.05, 3.63) is 95.6 Å². The van der Waals surface area contributed by atoms with Gasteiger partial charge in [-0.2, -0.15) is 10.4 Å². The molecule has 200 valence electrons. The highest BCUT2D eigenvalue weighted by Crippen LogP contribution is 2.34. The summed E-state index contributed by atoms with van der Waals surface area (Å²) in [6, 6.07) is 21.6. The van der Waals surface area contributed by atoms with Crippen LogP contribution < -0.4 is 10.0 Å². The molecule has 0 spiro atoms. The summed E-state index contributed by atoms with van der Waals surface area (Å²) in [7, 11) is -4.33. The number of hydrogen-bond donors (Lipinski definition) is 2. The van der Waals surface area contributed by atoms with Crippen molar-refractivity contribution in [3.63, 3.8) is 0 Å². The molecule has 0 aliphatic rings. The Morgan fingerprint density at radius 3 is 2.41 bits per heavy atom. The molecule has 0 radical (unpaired) electrons. The predicted molar refractivity (Wildman–Crippen MR) is 148 cm³/mol. The van der Waals surface area contributed by atoms with Crippen LogP contribution in [0.5, 0.6) is 0 Å². The third kappa shape index (κ3) is 6.06. The Morgan fingerprint density at radius 1 is 1.05 bits per heavy atom. The molecule has 39 heavy (non-hydrogen) atoms. The lowest BCUT2D eigenvalue weighted by molar-refractivity contribution is 0.101. The van der Waals surface area contributed by atoms with Gasteiger partial charge in [0.15, 0.2) is 5.82 Å². The van der Waals surface area contributed by atoms with Crippen LogP contribution in [0.3, 0.4) is 0 Å². The van der Waals surface area contributed by atoms with Crippen LogP contribution in [0.4, 0.5) is 10.1 Å². The molecule has 0 unspecified atom stereocenters. The molecular weight excluding hydrogens is 517 g/mol. The molecule has 0 bridgehead atoms. The average molecular weight is 546 g/mol. The van der Waals surface area contributed by atoms with E-state index >= 15 is 4.39 Å². The number of sulfonamides is 1. The number of benzene rings is 3. The number of aryl methyl sites for hydroxylation is 1. The summed E-state index contributed by atoms with van der Waals surface area (Å²) in [6.45, 7) is 6.85. The molecule has 0 saturated heterocycles. The number of amides is 1. The molecule has 3 aromatic carbocycles. The van der Waals surface area contributed by atoms with Crippen LogP contribution in [0.25, 0.3) is 16.8 Å². The quantitative estimate of drug-likeness (QED) is 0.321. The van der Waals surface area contributed by atoms with E-state index in [2.05, 4.69) is 21.2 Å². The zero-order chi connectivity index (χ0) is 28.4. The Kier molecular flexibility index (Phi) is 7.67. The van der Waals surface area contributed by atoms with Gasteiger partial charge in [-0.15, -0.1) is 0 Å². The fraction of sp³-hybridized carbons (Fsp3) is 0.207. The van der Waals surface area contributed by atoms with Gasteiger partial charge in [0.05, 0.1) is 28.7 Å². The molecule has 0 aliphatic carbocycles. The van der Waals surface area contributed by atoms with Crippen molar-refractivity contribution in [2.24, 2.45) is 0 Å². The van der Waals surface area contributed by atoms with E-state index in [4.69, 9.17) is 0 Å². The number of aromatic nitrogens is 2. The number of rotatable bonds is 7. The second-order valence-electron chi connectivity index (χ2n) is 9.93. The lowest BCUT2D eigenvalue weighted by Crippen LogP contribution is -2.41. The molecule has 8 nitrogen and oxygen atoms in total. The van der Waals surface area contributed by atoms with Gasteiger partial charge in [-0.25, -0.2) is 22.2 Å². The molecule has 1 aromatic heterocycles. The van der Waals surface area contributed by atoms with Gasteiger partial charge in [-0.1, -0.05) is 49.4 Å². The van der Waals surface area contributed by atoms with Gasteiger partial charge in [-0.3, -0.25) is 4.79 Å². The van der Waals surface area contributed by atoms with E-state index in [0.29, 0.717) is 28.9 Å². The molecule has 0 saturated carbocycles. The van der Waals surface area contributed by atoms with Gasteiger partial charge >= 0.3 is 0 Å². The number of carbonyl (C=O) groups excluding carboxylic acids is 1. The number of nitriles is 1. The SMILES string of the molecule is CCc1cc(C(=O)Nc2ccc(-c3ccccc3)c(S(=O)(=O)NC(C)(C)C)c2F)n(-c2cccc(C#N)c2)n1. The number of halogens is 1. The topological polar surface area (TPSA) is 117 Å². The highest BCUT2D eigenvalue weighted by Gasteiger charge is 2.31. The summed E-state index contributed by atoms with van der Waals surface area (Å²) in [5.41, 5.74) is 1.07. The fourth-order valence-corrected chi connectivity index (χ4v) is 5.80. The normalized spacial score (nSPS) is 11.7. The van der Waals surface area contributed by atoms with Crippen molar-refractivity contribution in [2.75, 3.05) is 5.32 Å². The van der Waals surface area contributed by atoms with E-state index < -0.39 is 32.2 Å². The molecule has 4 aromatic rings. The van der Waals surface area contributed by atoms with E-state index in [-0.39, 0.29) is 16.9 Å². The zero-order valence-electron chi connectivity index (χ0n) is 22.0. The van der Waals surface area contributed by atoms with Crippen molar-refractivity contribution in [2.45, 2.75) is 44.6 Å². The third-order valence-corrected chi connectivity index (χ3v) is 7.53. The van der Waals surface area contributed by atoms with Gasteiger partial charge in [0, 0.05) is 11.1 Å². The first-order chi connectivity index (χ1) is 18.4. The van der Waals surface area contributed by atoms with Crippen molar-refractivity contribution in [1.82, 2.24) is 14.5 Å². The Hall–Kier alpha value is -4.33. The van der Waals surface area contributed by atoms with E-state index in [1.165, 1.54) is 16.8 Å². The van der Waals surface area contributed by atoms with Gasteiger partial charge in [0.1, 0.15) is 10.6 Å². The van der Waals surface area contributed by atoms with Crippen LogP contribution in [-0.2, 0) is 16.4 Å². The van der Waals surface area contributed by atoms with E-state index in [1.807, 2.05) is 6.92 Å². The predicted octanol–water partition coefficient (Wildman–Crippen LogP) is 5.44. The van der Waals surface area contributed by atoms with Crippen LogP contribution in [0.2, 0.25) is 0 Å². The fourth-order valence-electron chi connectivity index (χ4n) is 4.07. The summed E-state index contributed by atoms with van der Waals surface area (Å²) in [6.07, 6.45) is 0.534. The second-order valence-corrected chi connectivity index (χ2v) is 11.5. The Labute approximate surface area is 227 Å². The monoisotopic (exact) mass is 545 g/mol. The second kappa shape index (κ2) is 10.8. The maximum Gasteiger partial charge on any atom is 0.274 e. The molecular formula is C29H28FN5O3S. The Morgan fingerprint density at radius 2 is 1.77 bits per heavy atom. The standard InChI is InChI=1S/C29H28FN5O3S/c1-5-21-17-25(35(33-21)22-13-9-10-19(16-22)18-31)28(36)32-24-15-14-23(20-11-7-6-8-12-20)27(26(24)30)39(37,38)34-29(2,3)4/h6-17,34H,5H2,1-4H3,(H,32,36). The number of hydrogen-bond acceptors (Lipinski definition) is 5. The molecule has 1 amide bonds. The van der Waals surface area contributed by atoms with Crippen LogP contribution >= 0.6 is 0 Å². The number of nitrogens with one attached hydrogen (secondary N) is 2. The number of nitrogens with zero attached hydrogens (tertiary/aromatic N) is 3. The highest BCUT2D eigenvalue weighted by atomic mass is 32.2. The first-order valence-electron chi connectivity index (χ1n) is 12.3. The first-order valence-corrected chi connectivity index (χ1v) is 13.7. The Balaban J connectivity index is 1.81. The van der Waals surface area contributed by atoms with Gasteiger partial charge in [0.25, 0.3) is 5.91 Å². The van der Waals surface area contributed by atoms with Gasteiger partial charge in [-0.05, 0) is 63.1 Å². The smallest absolute Gasteiger partial charge is 0.274 e. The zero-order valence-corrected chi connectivity index (χ0v) is 22.8. The molecule has 0 atom stereocenters. The van der Waals surface area contributed by atoms with E-state index in [1.54, 1.807) is 81.4 Å². The first kappa shape index (κ1) is 27.7. The summed E-state index contributed by atoms with van der Waals surface area (Å²) < 4.78 is 46.8. The van der Waals surface area contributed by atoms with Crippen molar-refractivity contribution in [1.29, 1.82) is 5.26 Å². The lowest BCUT2D eigenvalue weighted by atomic mass is 10.0. The van der Waals surface area contributed by atoms with Crippen molar-refractivity contribution >= 4 is 21.6 Å². The molecule has 0 fully saturated rings. The third-order valence-electron chi connectivity index (χ3n) is 5.71. The number of carbonyl (C=O) groups is 1.